The van der Waals surface area contributed by atoms with Crippen LogP contribution in [0.5, 0.6) is 0 Å². The highest BCUT2D eigenvalue weighted by molar-refractivity contribution is 5.79. The lowest BCUT2D eigenvalue weighted by atomic mass is 9.87. The Morgan fingerprint density at radius 3 is 2.00 bits per heavy atom. The predicted molar refractivity (Wildman–Crippen MR) is 70.6 cm³/mol. The molecular formula is C14H21FN2O. The summed E-state index contributed by atoms with van der Waals surface area (Å²) in [5.74, 6) is 4.95. The third-order valence-corrected chi connectivity index (χ3v) is 3.03. The van der Waals surface area contributed by atoms with Crippen LogP contribution in [0.1, 0.15) is 56.2 Å². The molecule has 0 saturated carbocycles. The number of hydrogen-bond donors (Lipinski definition) is 2. The van der Waals surface area contributed by atoms with Gasteiger partial charge in [0.2, 0.25) is 5.91 Å². The first-order valence-electron chi connectivity index (χ1n) is 6.18. The maximum Gasteiger partial charge on any atom is 0.238 e. The Balaban J connectivity index is 3.36. The van der Waals surface area contributed by atoms with Crippen molar-refractivity contribution in [3.05, 3.63) is 34.6 Å². The van der Waals surface area contributed by atoms with Gasteiger partial charge in [0.25, 0.3) is 0 Å². The van der Waals surface area contributed by atoms with Crippen molar-refractivity contribution in [2.24, 2.45) is 5.84 Å². The summed E-state index contributed by atoms with van der Waals surface area (Å²) in [7, 11) is 0. The number of carbonyl (C=O) groups excluding carboxylic acids is 1. The molecule has 3 N–H and O–H groups in total. The van der Waals surface area contributed by atoms with Gasteiger partial charge in [0, 0.05) is 0 Å². The predicted octanol–water partition coefficient (Wildman–Crippen LogP) is 2.60. The first-order chi connectivity index (χ1) is 8.36. The Hall–Kier alpha value is -1.42. The second kappa shape index (κ2) is 5.96. The lowest BCUT2D eigenvalue weighted by Gasteiger charge is -2.19. The zero-order valence-corrected chi connectivity index (χ0v) is 11.4. The minimum atomic E-state index is -0.259. The lowest BCUT2D eigenvalue weighted by Crippen LogP contribution is -2.32. The number of hydrazine groups is 1. The van der Waals surface area contributed by atoms with E-state index in [1.54, 1.807) is 0 Å². The molecule has 0 aliphatic heterocycles. The number of nitrogens with two attached hydrogens (primary N) is 1. The highest BCUT2D eigenvalue weighted by atomic mass is 19.1. The molecule has 1 aromatic carbocycles. The second-order valence-corrected chi connectivity index (χ2v) is 5.12. The van der Waals surface area contributed by atoms with Crippen LogP contribution in [0.2, 0.25) is 0 Å². The number of halogens is 1. The van der Waals surface area contributed by atoms with Gasteiger partial charge in [-0.15, -0.1) is 0 Å². The van der Waals surface area contributed by atoms with Crippen LogP contribution in [0.3, 0.4) is 0 Å². The van der Waals surface area contributed by atoms with Gasteiger partial charge >= 0.3 is 0 Å². The van der Waals surface area contributed by atoms with Crippen LogP contribution in [0.4, 0.5) is 4.39 Å². The summed E-state index contributed by atoms with van der Waals surface area (Å²) in [6.07, 6.45) is 0.192. The highest BCUT2D eigenvalue weighted by Crippen LogP contribution is 2.29. The number of hydrogen-bond acceptors (Lipinski definition) is 2. The van der Waals surface area contributed by atoms with E-state index in [-0.39, 0.29) is 30.0 Å². The van der Waals surface area contributed by atoms with Crippen molar-refractivity contribution in [2.75, 3.05) is 0 Å². The Kier molecular flexibility index (Phi) is 4.84. The minimum absolute atomic E-state index is 0.166. The van der Waals surface area contributed by atoms with E-state index in [1.807, 2.05) is 27.7 Å². The maximum atomic E-state index is 13.6. The summed E-state index contributed by atoms with van der Waals surface area (Å²) in [6, 6.07) is 3.02. The smallest absolute Gasteiger partial charge is 0.238 e. The fraction of sp³-hybridized carbons (Fsp3) is 0.500. The number of benzene rings is 1. The summed E-state index contributed by atoms with van der Waals surface area (Å²) in [4.78, 5) is 11.5. The lowest BCUT2D eigenvalue weighted by molar-refractivity contribution is -0.120. The number of amides is 1. The third-order valence-electron chi connectivity index (χ3n) is 3.03. The van der Waals surface area contributed by atoms with Crippen LogP contribution in [0, 0.1) is 5.82 Å². The SMILES string of the molecule is CC(C)c1cc(F)cc(C(C)C)c1CC(=O)NN. The molecule has 0 saturated heterocycles. The van der Waals surface area contributed by atoms with Gasteiger partial charge in [-0.1, -0.05) is 27.7 Å². The van der Waals surface area contributed by atoms with Crippen LogP contribution < -0.4 is 11.3 Å². The molecule has 4 heteroatoms. The first kappa shape index (κ1) is 14.6. The average Bonchev–Trinajstić information content (AvgIpc) is 2.29. The maximum absolute atomic E-state index is 13.6. The topological polar surface area (TPSA) is 55.1 Å². The molecule has 0 aromatic heterocycles. The summed E-state index contributed by atoms with van der Waals surface area (Å²) >= 11 is 0. The van der Waals surface area contributed by atoms with Gasteiger partial charge in [-0.05, 0) is 40.7 Å². The van der Waals surface area contributed by atoms with Crippen LogP contribution in [-0.2, 0) is 11.2 Å². The molecule has 1 rings (SSSR count). The second-order valence-electron chi connectivity index (χ2n) is 5.12. The van der Waals surface area contributed by atoms with E-state index in [0.717, 1.165) is 16.7 Å². The van der Waals surface area contributed by atoms with Gasteiger partial charge in [0.05, 0.1) is 6.42 Å². The fourth-order valence-electron chi connectivity index (χ4n) is 2.13. The molecule has 0 aliphatic rings. The Bertz CT molecular complexity index is 412. The van der Waals surface area contributed by atoms with Crippen LogP contribution >= 0.6 is 0 Å². The van der Waals surface area contributed by atoms with Crippen LogP contribution in [-0.4, -0.2) is 5.91 Å². The molecule has 0 atom stereocenters. The van der Waals surface area contributed by atoms with Gasteiger partial charge in [0.15, 0.2) is 0 Å². The quantitative estimate of drug-likeness (QED) is 0.491. The number of nitrogens with one attached hydrogen (secondary N) is 1. The van der Waals surface area contributed by atoms with E-state index in [0.29, 0.717) is 0 Å². The molecule has 0 aliphatic carbocycles. The van der Waals surface area contributed by atoms with Crippen molar-refractivity contribution < 1.29 is 9.18 Å². The van der Waals surface area contributed by atoms with E-state index >= 15 is 0 Å². The number of carbonyl (C=O) groups is 1. The van der Waals surface area contributed by atoms with Gasteiger partial charge in [-0.25, -0.2) is 10.2 Å². The van der Waals surface area contributed by atoms with Crippen LogP contribution in [0.25, 0.3) is 0 Å². The molecule has 1 amide bonds. The van der Waals surface area contributed by atoms with E-state index in [4.69, 9.17) is 5.84 Å². The van der Waals surface area contributed by atoms with Crippen LogP contribution in [0.15, 0.2) is 12.1 Å². The molecule has 18 heavy (non-hydrogen) atoms. The molecule has 1 aromatic rings. The van der Waals surface area contributed by atoms with E-state index in [9.17, 15) is 9.18 Å². The van der Waals surface area contributed by atoms with Crippen molar-refractivity contribution in [1.82, 2.24) is 5.43 Å². The Morgan fingerprint density at radius 1 is 1.22 bits per heavy atom. The molecule has 100 valence electrons. The van der Waals surface area contributed by atoms with Gasteiger partial charge in [-0.3, -0.25) is 10.2 Å². The summed E-state index contributed by atoms with van der Waals surface area (Å²) in [5.41, 5.74) is 4.77. The zero-order chi connectivity index (χ0) is 13.9. The first-order valence-corrected chi connectivity index (χ1v) is 6.18. The zero-order valence-electron chi connectivity index (χ0n) is 11.4. The standard InChI is InChI=1S/C14H21FN2O/c1-8(2)11-5-10(15)6-12(9(3)4)13(11)7-14(18)17-16/h5-6,8-9H,7,16H2,1-4H3,(H,17,18). The monoisotopic (exact) mass is 252 g/mol. The molecular weight excluding hydrogens is 231 g/mol. The molecule has 0 heterocycles. The summed E-state index contributed by atoms with van der Waals surface area (Å²) in [5, 5.41) is 0. The third kappa shape index (κ3) is 3.29. The minimum Gasteiger partial charge on any atom is -0.294 e. The molecule has 0 radical (unpaired) electrons. The fourth-order valence-corrected chi connectivity index (χ4v) is 2.13. The normalized spacial score (nSPS) is 11.1. The molecule has 0 unspecified atom stereocenters. The van der Waals surface area contributed by atoms with Gasteiger partial charge in [-0.2, -0.15) is 0 Å². The largest absolute Gasteiger partial charge is 0.294 e. The average molecular weight is 252 g/mol. The van der Waals surface area contributed by atoms with E-state index in [1.165, 1.54) is 12.1 Å². The van der Waals surface area contributed by atoms with Crippen molar-refractivity contribution in [3.8, 4) is 0 Å². The van der Waals surface area contributed by atoms with E-state index < -0.39 is 0 Å². The van der Waals surface area contributed by atoms with Crippen molar-refractivity contribution in [3.63, 3.8) is 0 Å². The van der Waals surface area contributed by atoms with E-state index in [2.05, 4.69) is 5.43 Å². The molecule has 0 fully saturated rings. The van der Waals surface area contributed by atoms with Crippen molar-refractivity contribution >= 4 is 5.91 Å². The van der Waals surface area contributed by atoms with Gasteiger partial charge < -0.3 is 0 Å². The molecule has 3 nitrogen and oxygen atoms in total. The summed E-state index contributed by atoms with van der Waals surface area (Å²) in [6.45, 7) is 7.96. The highest BCUT2D eigenvalue weighted by Gasteiger charge is 2.17. The van der Waals surface area contributed by atoms with Gasteiger partial charge in [0.1, 0.15) is 5.82 Å². The van der Waals surface area contributed by atoms with Crippen molar-refractivity contribution in [2.45, 2.75) is 46.0 Å². The Labute approximate surface area is 108 Å². The van der Waals surface area contributed by atoms with Crippen molar-refractivity contribution in [1.29, 1.82) is 0 Å². The summed E-state index contributed by atoms with van der Waals surface area (Å²) < 4.78 is 13.6. The number of rotatable bonds is 4. The Morgan fingerprint density at radius 2 is 1.67 bits per heavy atom. The molecule has 0 spiro atoms. The molecule has 0 bridgehead atoms.